The molecule has 0 saturated carbocycles. The van der Waals surface area contributed by atoms with Gasteiger partial charge in [-0.15, -0.1) is 11.3 Å². The molecule has 0 aliphatic carbocycles. The largest absolute Gasteiger partial charge is 0.381 e. The van der Waals surface area contributed by atoms with E-state index in [0.717, 1.165) is 50.5 Å². The number of aromatic nitrogens is 4. The number of thiophene rings is 1. The number of carbonyl (C=O) groups excluding carboxylic acids is 1. The summed E-state index contributed by atoms with van der Waals surface area (Å²) < 4.78 is 7.78. The monoisotopic (exact) mass is 467 g/mol. The molecular weight excluding hydrogens is 434 g/mol. The van der Waals surface area contributed by atoms with E-state index in [-0.39, 0.29) is 11.3 Å². The van der Waals surface area contributed by atoms with Crippen LogP contribution in [0.1, 0.15) is 54.8 Å². The summed E-state index contributed by atoms with van der Waals surface area (Å²) in [6, 6.07) is 4.12. The van der Waals surface area contributed by atoms with Crippen molar-refractivity contribution in [2.24, 2.45) is 5.92 Å². The van der Waals surface area contributed by atoms with Gasteiger partial charge in [0.2, 0.25) is 0 Å². The van der Waals surface area contributed by atoms with Gasteiger partial charge in [0.05, 0.1) is 12.4 Å². The molecule has 0 bridgehead atoms. The van der Waals surface area contributed by atoms with E-state index in [1.54, 1.807) is 22.4 Å². The SMILES string of the molecule is CN(CCc1cccs1)C(=O)c1cncc(-c2cn(CC3CCOCC3)c(C(C)(C)C)n2)n1. The molecule has 0 spiro atoms. The van der Waals surface area contributed by atoms with E-state index in [2.05, 4.69) is 52.9 Å². The molecule has 8 heteroatoms. The number of ether oxygens (including phenoxy) is 1. The van der Waals surface area contributed by atoms with Gasteiger partial charge in [-0.1, -0.05) is 26.8 Å². The number of imidazole rings is 1. The molecule has 7 nitrogen and oxygen atoms in total. The van der Waals surface area contributed by atoms with Crippen LogP contribution < -0.4 is 0 Å². The first-order chi connectivity index (χ1) is 15.8. The molecule has 4 heterocycles. The van der Waals surface area contributed by atoms with Crippen LogP contribution in [-0.4, -0.2) is 57.1 Å². The van der Waals surface area contributed by atoms with Crippen molar-refractivity contribution in [2.75, 3.05) is 26.8 Å². The van der Waals surface area contributed by atoms with Gasteiger partial charge in [-0.3, -0.25) is 9.78 Å². The third-order valence-corrected chi connectivity index (χ3v) is 6.92. The maximum atomic E-state index is 13.0. The summed E-state index contributed by atoms with van der Waals surface area (Å²) in [6.45, 7) is 9.73. The Hall–Kier alpha value is -2.58. The first-order valence-corrected chi connectivity index (χ1v) is 12.4. The second kappa shape index (κ2) is 10.1. The Morgan fingerprint density at radius 3 is 2.70 bits per heavy atom. The molecule has 0 aromatic carbocycles. The number of nitrogens with zero attached hydrogens (tertiary/aromatic N) is 5. The predicted octanol–water partition coefficient (Wildman–Crippen LogP) is 4.44. The molecular formula is C25H33N5O2S. The minimum absolute atomic E-state index is 0.105. The molecule has 0 unspecified atom stereocenters. The van der Waals surface area contributed by atoms with Gasteiger partial charge in [-0.2, -0.15) is 0 Å². The molecule has 3 aromatic rings. The van der Waals surface area contributed by atoms with Gasteiger partial charge in [0.1, 0.15) is 22.9 Å². The number of likely N-dealkylation sites (N-methyl/N-ethyl adjacent to an activating group) is 1. The zero-order chi connectivity index (χ0) is 23.4. The highest BCUT2D eigenvalue weighted by molar-refractivity contribution is 7.09. The van der Waals surface area contributed by atoms with E-state index in [1.807, 2.05) is 13.1 Å². The lowest BCUT2D eigenvalue weighted by Gasteiger charge is -2.25. The topological polar surface area (TPSA) is 73.1 Å². The number of carbonyl (C=O) groups is 1. The second-order valence-corrected chi connectivity index (χ2v) is 10.8. The Morgan fingerprint density at radius 1 is 1.21 bits per heavy atom. The first-order valence-electron chi connectivity index (χ1n) is 11.6. The van der Waals surface area contributed by atoms with Crippen LogP contribution in [0.3, 0.4) is 0 Å². The quantitative estimate of drug-likeness (QED) is 0.514. The van der Waals surface area contributed by atoms with Crippen LogP contribution in [0.5, 0.6) is 0 Å². The maximum Gasteiger partial charge on any atom is 0.273 e. The molecule has 1 aliphatic rings. The van der Waals surface area contributed by atoms with Crippen LogP contribution in [0.4, 0.5) is 0 Å². The molecule has 1 saturated heterocycles. The van der Waals surface area contributed by atoms with Crippen molar-refractivity contribution in [3.05, 3.63) is 52.5 Å². The number of hydrogen-bond donors (Lipinski definition) is 0. The number of rotatable bonds is 7. The Bertz CT molecular complexity index is 1060. The average Bonchev–Trinajstić information content (AvgIpc) is 3.48. The molecule has 1 aliphatic heterocycles. The molecule has 1 fully saturated rings. The van der Waals surface area contributed by atoms with Crippen LogP contribution >= 0.6 is 11.3 Å². The molecule has 1 amide bonds. The lowest BCUT2D eigenvalue weighted by Crippen LogP contribution is -2.29. The Morgan fingerprint density at radius 2 is 2.00 bits per heavy atom. The van der Waals surface area contributed by atoms with Crippen molar-refractivity contribution in [3.63, 3.8) is 0 Å². The molecule has 33 heavy (non-hydrogen) atoms. The van der Waals surface area contributed by atoms with Crippen LogP contribution in [0.2, 0.25) is 0 Å². The molecule has 3 aromatic heterocycles. The second-order valence-electron chi connectivity index (χ2n) is 9.75. The molecule has 0 radical (unpaired) electrons. The van der Waals surface area contributed by atoms with Crippen LogP contribution in [-0.2, 0) is 23.1 Å². The van der Waals surface area contributed by atoms with Crippen molar-refractivity contribution in [1.29, 1.82) is 0 Å². The third kappa shape index (κ3) is 5.86. The zero-order valence-electron chi connectivity index (χ0n) is 20.0. The van der Waals surface area contributed by atoms with E-state index in [0.29, 0.717) is 23.9 Å². The molecule has 4 rings (SSSR count). The van der Waals surface area contributed by atoms with Gasteiger partial charge in [0.25, 0.3) is 5.91 Å². The van der Waals surface area contributed by atoms with Crippen molar-refractivity contribution in [1.82, 2.24) is 24.4 Å². The standard InChI is InChI=1S/C25H33N5O2S/c1-25(2,3)24-28-22(17-30(24)16-18-8-11-32-12-9-18)20-14-26-15-21(27-20)23(31)29(4)10-7-19-6-5-13-33-19/h5-6,13-15,17-18H,7-12,16H2,1-4H3. The summed E-state index contributed by atoms with van der Waals surface area (Å²) >= 11 is 1.71. The normalized spacial score (nSPS) is 15.0. The van der Waals surface area contributed by atoms with E-state index in [1.165, 1.54) is 11.1 Å². The fraction of sp³-hybridized carbons (Fsp3) is 0.520. The number of amides is 1. The Labute approximate surface area is 199 Å². The minimum atomic E-state index is -0.126. The van der Waals surface area contributed by atoms with Crippen LogP contribution in [0.15, 0.2) is 36.1 Å². The fourth-order valence-electron chi connectivity index (χ4n) is 4.11. The average molecular weight is 468 g/mol. The molecule has 176 valence electrons. The summed E-state index contributed by atoms with van der Waals surface area (Å²) in [4.78, 5) is 29.8. The fourth-order valence-corrected chi connectivity index (χ4v) is 4.80. The van der Waals surface area contributed by atoms with Crippen molar-refractivity contribution >= 4 is 17.2 Å². The summed E-state index contributed by atoms with van der Waals surface area (Å²) in [5, 5.41) is 2.05. The lowest BCUT2D eigenvalue weighted by atomic mass is 9.94. The predicted molar refractivity (Wildman–Crippen MR) is 130 cm³/mol. The highest BCUT2D eigenvalue weighted by atomic mass is 32.1. The van der Waals surface area contributed by atoms with Gasteiger partial charge in [0, 0.05) is 49.8 Å². The first kappa shape index (κ1) is 23.6. The Kier molecular flexibility index (Phi) is 7.24. The van der Waals surface area contributed by atoms with Gasteiger partial charge in [-0.25, -0.2) is 9.97 Å². The van der Waals surface area contributed by atoms with Crippen LogP contribution in [0, 0.1) is 5.92 Å². The molecule has 0 N–H and O–H groups in total. The summed E-state index contributed by atoms with van der Waals surface area (Å²) in [6.07, 6.45) is 8.26. The summed E-state index contributed by atoms with van der Waals surface area (Å²) in [7, 11) is 1.81. The number of hydrogen-bond acceptors (Lipinski definition) is 6. The zero-order valence-corrected chi connectivity index (χ0v) is 20.8. The summed E-state index contributed by atoms with van der Waals surface area (Å²) in [5.41, 5.74) is 1.63. The highest BCUT2D eigenvalue weighted by Gasteiger charge is 2.25. The smallest absolute Gasteiger partial charge is 0.273 e. The van der Waals surface area contributed by atoms with Crippen molar-refractivity contribution in [3.8, 4) is 11.4 Å². The lowest BCUT2D eigenvalue weighted by molar-refractivity contribution is 0.0607. The van der Waals surface area contributed by atoms with Gasteiger partial charge in [-0.05, 0) is 36.6 Å². The maximum absolute atomic E-state index is 13.0. The van der Waals surface area contributed by atoms with Crippen molar-refractivity contribution < 1.29 is 9.53 Å². The van der Waals surface area contributed by atoms with E-state index in [9.17, 15) is 4.79 Å². The van der Waals surface area contributed by atoms with E-state index in [4.69, 9.17) is 9.72 Å². The minimum Gasteiger partial charge on any atom is -0.381 e. The third-order valence-electron chi connectivity index (χ3n) is 5.98. The van der Waals surface area contributed by atoms with Crippen LogP contribution in [0.25, 0.3) is 11.4 Å². The van der Waals surface area contributed by atoms with E-state index < -0.39 is 0 Å². The van der Waals surface area contributed by atoms with Crippen molar-refractivity contribution in [2.45, 2.75) is 52.0 Å². The van der Waals surface area contributed by atoms with E-state index >= 15 is 0 Å². The van der Waals surface area contributed by atoms with Gasteiger partial charge >= 0.3 is 0 Å². The van der Waals surface area contributed by atoms with Gasteiger partial charge in [0.15, 0.2) is 0 Å². The Balaban J connectivity index is 1.53. The highest BCUT2D eigenvalue weighted by Crippen LogP contribution is 2.28. The van der Waals surface area contributed by atoms with Gasteiger partial charge < -0.3 is 14.2 Å². The summed E-state index contributed by atoms with van der Waals surface area (Å²) in [5.74, 6) is 1.48. The molecule has 0 atom stereocenters.